The quantitative estimate of drug-likeness (QED) is 0.829. The summed E-state index contributed by atoms with van der Waals surface area (Å²) in [5, 5.41) is 11.5. The molecule has 0 aromatic heterocycles. The number of carbonyl (C=O) groups excluding carboxylic acids is 1. The molecule has 0 aliphatic heterocycles. The summed E-state index contributed by atoms with van der Waals surface area (Å²) < 4.78 is 13.2. The fourth-order valence-electron chi connectivity index (χ4n) is 1.54. The first-order chi connectivity index (χ1) is 9.45. The van der Waals surface area contributed by atoms with E-state index in [1.54, 1.807) is 0 Å². The Bertz CT molecular complexity index is 529. The van der Waals surface area contributed by atoms with Crippen LogP contribution in [0.4, 0.5) is 4.39 Å². The smallest absolute Gasteiger partial charge is 0.252 e. The summed E-state index contributed by atoms with van der Waals surface area (Å²) in [6.45, 7) is 6.46. The van der Waals surface area contributed by atoms with Gasteiger partial charge >= 0.3 is 0 Å². The minimum absolute atomic E-state index is 0.278. The summed E-state index contributed by atoms with van der Waals surface area (Å²) in [4.78, 5) is 12.1. The van der Waals surface area contributed by atoms with Crippen molar-refractivity contribution >= 4 is 5.91 Å². The van der Waals surface area contributed by atoms with Crippen LogP contribution < -0.4 is 5.32 Å². The van der Waals surface area contributed by atoms with E-state index in [9.17, 15) is 9.18 Å². The van der Waals surface area contributed by atoms with Crippen LogP contribution in [0.1, 0.15) is 36.7 Å². The molecule has 20 heavy (non-hydrogen) atoms. The molecule has 0 fully saturated rings. The lowest BCUT2D eigenvalue weighted by Crippen LogP contribution is -2.30. The molecule has 1 amide bonds. The van der Waals surface area contributed by atoms with Gasteiger partial charge in [-0.2, -0.15) is 0 Å². The number of benzene rings is 1. The van der Waals surface area contributed by atoms with E-state index in [2.05, 4.69) is 37.9 Å². The number of hydrogen-bond donors (Lipinski definition) is 2. The predicted octanol–water partition coefficient (Wildman–Crippen LogP) is 2.19. The average Bonchev–Trinajstić information content (AvgIpc) is 2.42. The van der Waals surface area contributed by atoms with E-state index in [0.717, 1.165) is 0 Å². The van der Waals surface area contributed by atoms with Gasteiger partial charge in [0.1, 0.15) is 12.4 Å². The SMILES string of the molecule is CC(C)C(C)CNC(=O)c1ccc(F)cc1C#CCO. The summed E-state index contributed by atoms with van der Waals surface area (Å²) in [7, 11) is 0. The van der Waals surface area contributed by atoms with E-state index < -0.39 is 5.82 Å². The minimum Gasteiger partial charge on any atom is -0.384 e. The average molecular weight is 277 g/mol. The maximum Gasteiger partial charge on any atom is 0.252 e. The summed E-state index contributed by atoms with van der Waals surface area (Å²) in [6, 6.07) is 3.83. The highest BCUT2D eigenvalue weighted by molar-refractivity contribution is 5.96. The summed E-state index contributed by atoms with van der Waals surface area (Å²) in [5.41, 5.74) is 0.608. The van der Waals surface area contributed by atoms with Crippen LogP contribution >= 0.6 is 0 Å². The Morgan fingerprint density at radius 2 is 2.10 bits per heavy atom. The summed E-state index contributed by atoms with van der Waals surface area (Å²) in [5.74, 6) is 5.11. The van der Waals surface area contributed by atoms with E-state index in [1.165, 1.54) is 18.2 Å². The molecule has 0 saturated heterocycles. The molecule has 4 heteroatoms. The predicted molar refractivity (Wildman–Crippen MR) is 76.7 cm³/mol. The number of carbonyl (C=O) groups is 1. The fraction of sp³-hybridized carbons (Fsp3) is 0.438. The van der Waals surface area contributed by atoms with Crippen LogP contribution in [0.25, 0.3) is 0 Å². The molecular formula is C16H20FNO2. The largest absolute Gasteiger partial charge is 0.384 e. The van der Waals surface area contributed by atoms with E-state index in [1.807, 2.05) is 0 Å². The highest BCUT2D eigenvalue weighted by atomic mass is 19.1. The topological polar surface area (TPSA) is 49.3 Å². The van der Waals surface area contributed by atoms with Crippen molar-refractivity contribution in [1.82, 2.24) is 5.32 Å². The van der Waals surface area contributed by atoms with Crippen molar-refractivity contribution in [2.75, 3.05) is 13.2 Å². The summed E-state index contributed by atoms with van der Waals surface area (Å²) >= 11 is 0. The van der Waals surface area contributed by atoms with Crippen molar-refractivity contribution in [3.8, 4) is 11.8 Å². The van der Waals surface area contributed by atoms with Gasteiger partial charge in [-0.25, -0.2) is 4.39 Å². The zero-order valence-electron chi connectivity index (χ0n) is 12.0. The Balaban J connectivity index is 2.87. The highest BCUT2D eigenvalue weighted by Gasteiger charge is 2.13. The van der Waals surface area contributed by atoms with Gasteiger partial charge in [0.05, 0.1) is 5.56 Å². The Kier molecular flexibility index (Phi) is 6.20. The second kappa shape index (κ2) is 7.66. The van der Waals surface area contributed by atoms with Gasteiger partial charge in [-0.3, -0.25) is 4.79 Å². The number of hydrogen-bond acceptors (Lipinski definition) is 2. The van der Waals surface area contributed by atoms with Crippen LogP contribution in [-0.4, -0.2) is 24.2 Å². The van der Waals surface area contributed by atoms with Gasteiger partial charge in [0.2, 0.25) is 0 Å². The molecule has 0 saturated carbocycles. The first kappa shape index (κ1) is 16.2. The van der Waals surface area contributed by atoms with Crippen molar-refractivity contribution in [2.24, 2.45) is 11.8 Å². The molecule has 0 heterocycles. The number of aliphatic hydroxyl groups is 1. The molecule has 3 nitrogen and oxygen atoms in total. The van der Waals surface area contributed by atoms with E-state index in [0.29, 0.717) is 23.9 Å². The highest BCUT2D eigenvalue weighted by Crippen LogP contribution is 2.12. The third-order valence-corrected chi connectivity index (χ3v) is 3.25. The molecule has 108 valence electrons. The standard InChI is InChI=1S/C16H20FNO2/c1-11(2)12(3)10-18-16(20)15-7-6-14(17)9-13(15)5-4-8-19/h6-7,9,11-12,19H,8,10H2,1-3H3,(H,18,20). The Morgan fingerprint density at radius 1 is 1.40 bits per heavy atom. The molecular weight excluding hydrogens is 257 g/mol. The lowest BCUT2D eigenvalue weighted by Gasteiger charge is -2.16. The Hall–Kier alpha value is -1.86. The zero-order chi connectivity index (χ0) is 15.1. The molecule has 0 spiro atoms. The number of halogens is 1. The molecule has 0 aliphatic rings. The second-order valence-corrected chi connectivity index (χ2v) is 5.08. The van der Waals surface area contributed by atoms with E-state index >= 15 is 0 Å². The minimum atomic E-state index is -0.459. The maximum atomic E-state index is 13.2. The van der Waals surface area contributed by atoms with E-state index in [4.69, 9.17) is 5.11 Å². The molecule has 1 atom stereocenters. The second-order valence-electron chi connectivity index (χ2n) is 5.08. The monoisotopic (exact) mass is 277 g/mol. The fourth-order valence-corrected chi connectivity index (χ4v) is 1.54. The third-order valence-electron chi connectivity index (χ3n) is 3.25. The van der Waals surface area contributed by atoms with Crippen molar-refractivity contribution in [3.05, 3.63) is 35.1 Å². The van der Waals surface area contributed by atoms with Gasteiger partial charge < -0.3 is 10.4 Å². The van der Waals surface area contributed by atoms with Crippen LogP contribution in [0.2, 0.25) is 0 Å². The Morgan fingerprint density at radius 3 is 2.70 bits per heavy atom. The van der Waals surface area contributed by atoms with Gasteiger partial charge in [-0.15, -0.1) is 0 Å². The van der Waals surface area contributed by atoms with E-state index in [-0.39, 0.29) is 18.1 Å². The van der Waals surface area contributed by atoms with Crippen molar-refractivity contribution in [2.45, 2.75) is 20.8 Å². The first-order valence-electron chi connectivity index (χ1n) is 6.63. The first-order valence-corrected chi connectivity index (χ1v) is 6.63. The van der Waals surface area contributed by atoms with Crippen LogP contribution in [-0.2, 0) is 0 Å². The van der Waals surface area contributed by atoms with Gasteiger partial charge in [0, 0.05) is 12.1 Å². The third kappa shape index (κ3) is 4.67. The molecule has 0 bridgehead atoms. The number of aliphatic hydroxyl groups excluding tert-OH is 1. The molecule has 0 aliphatic carbocycles. The lowest BCUT2D eigenvalue weighted by atomic mass is 9.98. The lowest BCUT2D eigenvalue weighted by molar-refractivity contribution is 0.0944. The van der Waals surface area contributed by atoms with Crippen molar-refractivity contribution < 1.29 is 14.3 Å². The maximum absolute atomic E-state index is 13.2. The molecule has 2 N–H and O–H groups in total. The number of amides is 1. The van der Waals surface area contributed by atoms with Crippen LogP contribution in [0.5, 0.6) is 0 Å². The zero-order valence-corrected chi connectivity index (χ0v) is 12.0. The molecule has 0 radical (unpaired) electrons. The summed E-state index contributed by atoms with van der Waals surface area (Å²) in [6.07, 6.45) is 0. The molecule has 1 unspecified atom stereocenters. The Labute approximate surface area is 119 Å². The van der Waals surface area contributed by atoms with Gasteiger partial charge in [-0.1, -0.05) is 32.6 Å². The molecule has 1 aromatic carbocycles. The molecule has 1 aromatic rings. The van der Waals surface area contributed by atoms with Crippen LogP contribution in [0, 0.1) is 29.5 Å². The number of nitrogens with one attached hydrogen (secondary N) is 1. The van der Waals surface area contributed by atoms with Gasteiger partial charge in [-0.05, 0) is 30.0 Å². The molecule has 1 rings (SSSR count). The van der Waals surface area contributed by atoms with Crippen LogP contribution in [0.3, 0.4) is 0 Å². The van der Waals surface area contributed by atoms with Gasteiger partial charge in [0.25, 0.3) is 5.91 Å². The van der Waals surface area contributed by atoms with Crippen molar-refractivity contribution in [3.63, 3.8) is 0 Å². The normalized spacial score (nSPS) is 11.7. The number of rotatable bonds is 4. The van der Waals surface area contributed by atoms with Crippen molar-refractivity contribution in [1.29, 1.82) is 0 Å². The van der Waals surface area contributed by atoms with Gasteiger partial charge in [0.15, 0.2) is 0 Å². The van der Waals surface area contributed by atoms with Crippen LogP contribution in [0.15, 0.2) is 18.2 Å².